The van der Waals surface area contributed by atoms with Crippen LogP contribution in [0.1, 0.15) is 90.0 Å². The third-order valence-electron chi connectivity index (χ3n) is 8.49. The highest BCUT2D eigenvalue weighted by Gasteiger charge is 2.37. The van der Waals surface area contributed by atoms with Crippen molar-refractivity contribution in [3.05, 3.63) is 79.8 Å². The van der Waals surface area contributed by atoms with Gasteiger partial charge in [-0.15, -0.1) is 0 Å². The Labute approximate surface area is 399 Å². The summed E-state index contributed by atoms with van der Waals surface area (Å²) >= 11 is 12.4. The van der Waals surface area contributed by atoms with Crippen molar-refractivity contribution in [2.45, 2.75) is 109 Å². The number of aromatic hydroxyl groups is 1. The van der Waals surface area contributed by atoms with E-state index in [2.05, 4.69) is 10.6 Å². The minimum absolute atomic E-state index is 0.0138. The number of carbonyl (C=O) groups is 4. The number of carbonyl (C=O) groups excluding carboxylic acids is 4. The molecule has 20 nitrogen and oxygen atoms in total. The molecule has 370 valence electrons. The number of benzene rings is 3. The van der Waals surface area contributed by atoms with Gasteiger partial charge in [0.25, 0.3) is 27.6 Å². The van der Waals surface area contributed by atoms with E-state index in [1.54, 1.807) is 55.4 Å². The van der Waals surface area contributed by atoms with Crippen molar-refractivity contribution < 1.29 is 75.0 Å². The van der Waals surface area contributed by atoms with E-state index in [1.165, 1.54) is 70.4 Å². The van der Waals surface area contributed by atoms with Gasteiger partial charge in [0.15, 0.2) is 11.2 Å². The maximum Gasteiger partial charge on any atom is 0.350 e. The Morgan fingerprint density at radius 1 is 0.731 bits per heavy atom. The second-order valence-corrected chi connectivity index (χ2v) is 20.1. The lowest BCUT2D eigenvalue weighted by atomic mass is 10.1. The van der Waals surface area contributed by atoms with Crippen LogP contribution in [0.5, 0.6) is 23.0 Å². The van der Waals surface area contributed by atoms with Gasteiger partial charge in [0.05, 0.1) is 45.9 Å². The van der Waals surface area contributed by atoms with Crippen molar-refractivity contribution in [2.24, 2.45) is 0 Å². The molecular formula is C44H57Cl2N3O17S. The number of nitro groups is 1. The van der Waals surface area contributed by atoms with Gasteiger partial charge in [-0.2, -0.15) is 8.42 Å². The maximum atomic E-state index is 12.4. The number of epoxide rings is 2. The molecule has 23 heteroatoms. The van der Waals surface area contributed by atoms with Crippen LogP contribution in [-0.2, 0) is 42.8 Å². The molecule has 67 heavy (non-hydrogen) atoms. The number of esters is 2. The molecule has 2 amide bonds. The molecule has 0 bridgehead atoms. The molecular weight excluding hydrogens is 945 g/mol. The van der Waals surface area contributed by atoms with Crippen LogP contribution >= 0.6 is 23.2 Å². The van der Waals surface area contributed by atoms with Gasteiger partial charge in [-0.1, -0.05) is 29.3 Å². The number of rotatable bonds is 16. The second-order valence-electron chi connectivity index (χ2n) is 17.7. The lowest BCUT2D eigenvalue weighted by Crippen LogP contribution is -2.43. The highest BCUT2D eigenvalue weighted by atomic mass is 35.5. The third-order valence-corrected chi connectivity index (χ3v) is 10.4. The number of phenolic OH excluding ortho intramolecular Hbond substituents is 1. The van der Waals surface area contributed by atoms with Gasteiger partial charge in [-0.3, -0.25) is 23.9 Å². The minimum Gasteiger partial charge on any atom is -0.507 e. The van der Waals surface area contributed by atoms with Crippen molar-refractivity contribution >= 4 is 62.8 Å². The lowest BCUT2D eigenvalue weighted by Gasteiger charge is -2.29. The highest BCUT2D eigenvalue weighted by Crippen LogP contribution is 2.37. The van der Waals surface area contributed by atoms with Gasteiger partial charge < -0.3 is 48.9 Å². The average Bonchev–Trinajstić information content (AvgIpc) is 4.16. The molecule has 3 aromatic rings. The van der Waals surface area contributed by atoms with Crippen LogP contribution < -0.4 is 24.8 Å². The Bertz CT molecular complexity index is 2410. The van der Waals surface area contributed by atoms with Crippen LogP contribution in [0.4, 0.5) is 5.69 Å². The first-order valence-electron chi connectivity index (χ1n) is 20.4. The first kappa shape index (κ1) is 55.9. The molecule has 2 aliphatic heterocycles. The van der Waals surface area contributed by atoms with Gasteiger partial charge in [0, 0.05) is 38.4 Å². The summed E-state index contributed by atoms with van der Waals surface area (Å²) in [6, 6.07) is 10.1. The Balaban J connectivity index is 0.000000273. The number of hydrogen-bond donors (Lipinski definition) is 3. The SMILES string of the molecule is CNC(=O)c1cc(Cl)c(OC(C)(C)C(=O)OC(C)(C)C)cc1O.CNC(=O)c1cc(Cl)c(OC(C)(C)C(=O)OC(C)(C)C)cc1OC[C@@H]1CO1.O=[N+]([O-])c1cccc(S(=O)(=O)OC[C@@H]2CO2)c1. The summed E-state index contributed by atoms with van der Waals surface area (Å²) in [6.07, 6.45) is -0.177. The standard InChI is InChI=1S/C19H26ClNO6.C16H22ClNO5.C9H9NO6S/c1-18(2,3)27-17(23)19(4,5)26-15-8-14(25-10-11-9-24-11)12(7-13(15)20)16(22)21-6;1-15(2,3)23-14(21)16(4,5)22-12-8-11(19)9(7-10(12)17)13(20)18-6;11-10(12)7-2-1-3-9(4-7)17(13,14)16-6-8-5-15-8/h7-8,11H,9-10H2,1-6H3,(H,21,22);7-8,19H,1-6H3,(H,18,20);1-4,8H,5-6H2/t11-;;8-/m0.0/s1. The van der Waals surface area contributed by atoms with Gasteiger partial charge in [-0.05, 0) is 87.4 Å². The van der Waals surface area contributed by atoms with E-state index < -0.39 is 55.3 Å². The zero-order valence-electron chi connectivity index (χ0n) is 39.2. The quantitative estimate of drug-likeness (QED) is 0.0449. The maximum absolute atomic E-state index is 12.4. The molecule has 2 aliphatic rings. The minimum atomic E-state index is -3.96. The first-order chi connectivity index (χ1) is 30.8. The smallest absolute Gasteiger partial charge is 0.350 e. The molecule has 0 aromatic heterocycles. The number of nitrogens with zero attached hydrogens (tertiary/aromatic N) is 1. The summed E-state index contributed by atoms with van der Waals surface area (Å²) < 4.78 is 65.7. The summed E-state index contributed by atoms with van der Waals surface area (Å²) in [5.74, 6) is -1.65. The number of hydrogen-bond acceptors (Lipinski definition) is 17. The fourth-order valence-electron chi connectivity index (χ4n) is 4.91. The Morgan fingerprint density at radius 3 is 1.63 bits per heavy atom. The van der Waals surface area contributed by atoms with E-state index in [4.69, 9.17) is 60.5 Å². The van der Waals surface area contributed by atoms with Crippen molar-refractivity contribution in [1.29, 1.82) is 0 Å². The molecule has 2 heterocycles. The number of phenols is 1. The molecule has 3 aromatic carbocycles. The molecule has 0 unspecified atom stereocenters. The molecule has 2 saturated heterocycles. The van der Waals surface area contributed by atoms with Gasteiger partial charge in [0.2, 0.25) is 0 Å². The van der Waals surface area contributed by atoms with Crippen LogP contribution in [0, 0.1) is 10.1 Å². The summed E-state index contributed by atoms with van der Waals surface area (Å²) in [4.78, 5) is 57.9. The van der Waals surface area contributed by atoms with E-state index in [0.717, 1.165) is 6.07 Å². The van der Waals surface area contributed by atoms with Crippen molar-refractivity contribution in [1.82, 2.24) is 10.6 Å². The predicted octanol–water partition coefficient (Wildman–Crippen LogP) is 6.58. The number of halogens is 2. The third kappa shape index (κ3) is 17.9. The molecule has 0 spiro atoms. The van der Waals surface area contributed by atoms with Gasteiger partial charge >= 0.3 is 11.9 Å². The van der Waals surface area contributed by atoms with E-state index in [1.807, 2.05) is 0 Å². The molecule has 2 atom stereocenters. The summed E-state index contributed by atoms with van der Waals surface area (Å²) in [7, 11) is -1.01. The van der Waals surface area contributed by atoms with Gasteiger partial charge in [0.1, 0.15) is 57.9 Å². The van der Waals surface area contributed by atoms with Crippen LogP contribution in [0.2, 0.25) is 10.0 Å². The van der Waals surface area contributed by atoms with Crippen molar-refractivity contribution in [3.63, 3.8) is 0 Å². The molecule has 5 rings (SSSR count). The van der Waals surface area contributed by atoms with Gasteiger partial charge in [-0.25, -0.2) is 9.59 Å². The largest absolute Gasteiger partial charge is 0.507 e. The number of amides is 2. The Morgan fingerprint density at radius 2 is 1.18 bits per heavy atom. The molecule has 0 aliphatic carbocycles. The fraction of sp³-hybridized carbons (Fsp3) is 0.500. The summed E-state index contributed by atoms with van der Waals surface area (Å²) in [5.41, 5.74) is -3.93. The van der Waals surface area contributed by atoms with Crippen LogP contribution in [-0.4, -0.2) is 117 Å². The zero-order chi connectivity index (χ0) is 50.9. The predicted molar refractivity (Wildman–Crippen MR) is 244 cm³/mol. The molecule has 0 saturated carbocycles. The van der Waals surface area contributed by atoms with E-state index >= 15 is 0 Å². The zero-order valence-corrected chi connectivity index (χ0v) is 41.5. The molecule has 0 radical (unpaired) electrons. The number of nitro benzene ring substituents is 1. The van der Waals surface area contributed by atoms with Crippen LogP contribution in [0.25, 0.3) is 0 Å². The lowest BCUT2D eigenvalue weighted by molar-refractivity contribution is -0.385. The fourth-order valence-corrected chi connectivity index (χ4v) is 6.30. The van der Waals surface area contributed by atoms with E-state index in [-0.39, 0.29) is 73.7 Å². The van der Waals surface area contributed by atoms with E-state index in [0.29, 0.717) is 25.6 Å². The monoisotopic (exact) mass is 1000 g/mol. The van der Waals surface area contributed by atoms with Crippen molar-refractivity contribution in [2.75, 3.05) is 40.5 Å². The highest BCUT2D eigenvalue weighted by molar-refractivity contribution is 7.86. The Kier molecular flexibility index (Phi) is 18.8. The van der Waals surface area contributed by atoms with Crippen LogP contribution in [0.15, 0.2) is 53.4 Å². The second kappa shape index (κ2) is 22.6. The summed E-state index contributed by atoms with van der Waals surface area (Å²) in [6.45, 7) is 18.1. The molecule has 3 N–H and O–H groups in total. The number of non-ortho nitro benzene ring substituents is 1. The normalized spacial score (nSPS) is 15.5. The Hall–Kier alpha value is -5.45. The topological polar surface area (TPSA) is 270 Å². The average molecular weight is 1000 g/mol. The first-order valence-corrected chi connectivity index (χ1v) is 22.6. The summed E-state index contributed by atoms with van der Waals surface area (Å²) in [5, 5.41) is 25.6. The van der Waals surface area contributed by atoms with Crippen molar-refractivity contribution in [3.8, 4) is 23.0 Å². The van der Waals surface area contributed by atoms with E-state index in [9.17, 15) is 42.8 Å². The molecule has 2 fully saturated rings. The number of nitrogens with one attached hydrogen (secondary N) is 2. The number of ether oxygens (including phenoxy) is 7. The van der Waals surface area contributed by atoms with Crippen LogP contribution in [0.3, 0.4) is 0 Å².